The molecular weight excluding hydrogens is 572 g/mol. The molecule has 2 aliphatic carbocycles. The fourth-order valence-electron chi connectivity index (χ4n) is 6.74. The largest absolute Gasteiger partial charge is 0.491 e. The zero-order valence-corrected chi connectivity index (χ0v) is 25.3. The number of benzene rings is 3. The average molecular weight is 613 g/mol. The Kier molecular flexibility index (Phi) is 10.3. The van der Waals surface area contributed by atoms with E-state index in [0.717, 1.165) is 31.2 Å². The van der Waals surface area contributed by atoms with E-state index in [4.69, 9.17) is 9.47 Å². The second-order valence-corrected chi connectivity index (χ2v) is 12.0. The Hall–Kier alpha value is -3.39. The Morgan fingerprint density at radius 1 is 0.773 bits per heavy atom. The predicted molar refractivity (Wildman–Crippen MR) is 160 cm³/mol. The lowest BCUT2D eigenvalue weighted by atomic mass is 9.78. The van der Waals surface area contributed by atoms with Crippen LogP contribution in [0.3, 0.4) is 0 Å². The molecule has 3 aromatic rings. The zero-order valence-electron chi connectivity index (χ0n) is 25.3. The summed E-state index contributed by atoms with van der Waals surface area (Å²) in [7, 11) is 0. The van der Waals surface area contributed by atoms with E-state index in [1.54, 1.807) is 32.0 Å². The third kappa shape index (κ3) is 6.80. The van der Waals surface area contributed by atoms with E-state index in [0.29, 0.717) is 43.2 Å². The van der Waals surface area contributed by atoms with Crippen molar-refractivity contribution in [1.29, 1.82) is 0 Å². The molecule has 0 saturated heterocycles. The molecule has 3 aromatic carbocycles. The quantitative estimate of drug-likeness (QED) is 0.193. The highest BCUT2D eigenvalue weighted by atomic mass is 19.2. The van der Waals surface area contributed by atoms with Crippen molar-refractivity contribution < 1.29 is 36.9 Å². The Bertz CT molecular complexity index is 1440. The first-order chi connectivity index (χ1) is 21.2. The number of hydrogen-bond acceptors (Lipinski definition) is 4. The van der Waals surface area contributed by atoms with E-state index < -0.39 is 29.4 Å². The Labute approximate surface area is 256 Å². The molecule has 236 valence electrons. The maximum atomic E-state index is 14.8. The summed E-state index contributed by atoms with van der Waals surface area (Å²) < 4.78 is 69.4. The maximum absolute atomic E-state index is 14.8. The van der Waals surface area contributed by atoms with E-state index in [2.05, 4.69) is 0 Å². The highest BCUT2D eigenvalue weighted by Crippen LogP contribution is 2.40. The third-order valence-electron chi connectivity index (χ3n) is 9.38. The van der Waals surface area contributed by atoms with Crippen LogP contribution in [0, 0.1) is 29.2 Å². The number of rotatable bonds is 9. The minimum Gasteiger partial charge on any atom is -0.491 e. The first-order valence-corrected chi connectivity index (χ1v) is 15.8. The molecule has 0 spiro atoms. The topological polar surface area (TPSA) is 55.8 Å². The van der Waals surface area contributed by atoms with Gasteiger partial charge in [-0.05, 0) is 105 Å². The van der Waals surface area contributed by atoms with Crippen molar-refractivity contribution in [3.8, 4) is 16.9 Å². The number of hydrogen-bond donors (Lipinski definition) is 1. The van der Waals surface area contributed by atoms with E-state index in [-0.39, 0.29) is 53.3 Å². The molecule has 2 fully saturated rings. The molecule has 1 unspecified atom stereocenters. The van der Waals surface area contributed by atoms with Gasteiger partial charge in [-0.3, -0.25) is 4.79 Å². The van der Waals surface area contributed by atoms with Gasteiger partial charge >= 0.3 is 5.97 Å². The molecule has 4 nitrogen and oxygen atoms in total. The summed E-state index contributed by atoms with van der Waals surface area (Å²) in [6.45, 7) is 3.67. The summed E-state index contributed by atoms with van der Waals surface area (Å²) in [6, 6.07) is 13.5. The lowest BCUT2D eigenvalue weighted by Gasteiger charge is -2.32. The smallest absolute Gasteiger partial charge is 0.309 e. The average Bonchev–Trinajstić information content (AvgIpc) is 3.05. The lowest BCUT2D eigenvalue weighted by molar-refractivity contribution is -0.157. The van der Waals surface area contributed by atoms with E-state index in [1.807, 2.05) is 12.1 Å². The summed E-state index contributed by atoms with van der Waals surface area (Å²) in [5, 5.41) is 9.94. The van der Waals surface area contributed by atoms with Crippen molar-refractivity contribution in [2.24, 2.45) is 5.92 Å². The van der Waals surface area contributed by atoms with Crippen LogP contribution in [-0.4, -0.2) is 23.8 Å². The fraction of sp³-hybridized carbons (Fsp3) is 0.472. The molecular formula is C36H40F4O4. The molecule has 0 aromatic heterocycles. The number of halogens is 4. The van der Waals surface area contributed by atoms with Crippen LogP contribution >= 0.6 is 0 Å². The highest BCUT2D eigenvalue weighted by Gasteiger charge is 2.33. The normalized spacial score (nSPS) is 22.8. The number of carbonyl (C=O) groups excluding carboxylic acids is 1. The summed E-state index contributed by atoms with van der Waals surface area (Å²) in [6.07, 6.45) is 4.56. The van der Waals surface area contributed by atoms with Gasteiger partial charge in [0.15, 0.2) is 23.2 Å². The monoisotopic (exact) mass is 612 g/mol. The molecule has 5 rings (SSSR count). The van der Waals surface area contributed by atoms with Gasteiger partial charge < -0.3 is 14.6 Å². The van der Waals surface area contributed by atoms with Gasteiger partial charge in [-0.2, -0.15) is 4.39 Å². The van der Waals surface area contributed by atoms with Crippen molar-refractivity contribution in [2.75, 3.05) is 6.61 Å². The summed E-state index contributed by atoms with van der Waals surface area (Å²) in [5.74, 6) is -4.25. The Morgan fingerprint density at radius 2 is 1.43 bits per heavy atom. The van der Waals surface area contributed by atoms with Gasteiger partial charge in [0.05, 0.1) is 18.6 Å². The number of aliphatic hydroxyl groups is 1. The molecule has 0 amide bonds. The van der Waals surface area contributed by atoms with Crippen molar-refractivity contribution in [2.45, 2.75) is 95.7 Å². The molecule has 0 aliphatic heterocycles. The molecule has 2 saturated carbocycles. The van der Waals surface area contributed by atoms with E-state index >= 15 is 0 Å². The van der Waals surface area contributed by atoms with Crippen molar-refractivity contribution in [3.05, 3.63) is 88.5 Å². The number of carbonyl (C=O) groups is 1. The van der Waals surface area contributed by atoms with Crippen LogP contribution < -0.4 is 4.74 Å². The first-order valence-electron chi connectivity index (χ1n) is 15.8. The van der Waals surface area contributed by atoms with Gasteiger partial charge in [-0.1, -0.05) is 43.3 Å². The Morgan fingerprint density at radius 3 is 2.07 bits per heavy atom. The molecule has 44 heavy (non-hydrogen) atoms. The first kappa shape index (κ1) is 32.0. The van der Waals surface area contributed by atoms with E-state index in [9.17, 15) is 27.5 Å². The van der Waals surface area contributed by atoms with Crippen LogP contribution in [-0.2, 0) is 9.53 Å². The lowest BCUT2D eigenvalue weighted by Crippen LogP contribution is -2.29. The van der Waals surface area contributed by atoms with Gasteiger partial charge in [0, 0.05) is 11.1 Å². The van der Waals surface area contributed by atoms with Crippen LogP contribution in [0.4, 0.5) is 17.6 Å². The second kappa shape index (κ2) is 14.1. The molecule has 0 radical (unpaired) electrons. The second-order valence-electron chi connectivity index (χ2n) is 12.0. The van der Waals surface area contributed by atoms with Crippen LogP contribution in [0.1, 0.15) is 106 Å². The van der Waals surface area contributed by atoms with E-state index in [1.165, 1.54) is 18.2 Å². The van der Waals surface area contributed by atoms with Crippen LogP contribution in [0.5, 0.6) is 5.75 Å². The Balaban J connectivity index is 1.10. The molecule has 1 N–H and O–H groups in total. The molecule has 0 bridgehead atoms. The minimum atomic E-state index is -1.03. The maximum Gasteiger partial charge on any atom is 0.309 e. The fourth-order valence-corrected chi connectivity index (χ4v) is 6.74. The summed E-state index contributed by atoms with van der Waals surface area (Å²) in [4.78, 5) is 13.0. The SMILES string of the molecule is CCOc1ccc(-c2ccc(C3CCC(OC(=O)C4CCC(c5ccc(C(O)CC)c(F)c5F)CC4)CC3)cc2)c(F)c1F. The minimum absolute atomic E-state index is 0.0197. The van der Waals surface area contributed by atoms with Gasteiger partial charge in [-0.15, -0.1) is 0 Å². The van der Waals surface area contributed by atoms with Gasteiger partial charge in [0.2, 0.25) is 5.82 Å². The molecule has 8 heteroatoms. The molecule has 1 atom stereocenters. The van der Waals surface area contributed by atoms with Crippen molar-refractivity contribution in [1.82, 2.24) is 0 Å². The highest BCUT2D eigenvalue weighted by molar-refractivity contribution is 5.72. The van der Waals surface area contributed by atoms with Crippen LogP contribution in [0.25, 0.3) is 11.1 Å². The van der Waals surface area contributed by atoms with Crippen LogP contribution in [0.2, 0.25) is 0 Å². The van der Waals surface area contributed by atoms with Crippen molar-refractivity contribution in [3.63, 3.8) is 0 Å². The summed E-state index contributed by atoms with van der Waals surface area (Å²) >= 11 is 0. The molecule has 2 aliphatic rings. The van der Waals surface area contributed by atoms with Crippen molar-refractivity contribution >= 4 is 5.97 Å². The van der Waals surface area contributed by atoms with Gasteiger partial charge in [-0.25, -0.2) is 13.2 Å². The standard InChI is InChI=1S/C36H40F4O4/c1-3-30(41)29-18-17-27(32(37)34(29)39)24-9-11-25(12-10-24)36(42)44-26-15-13-22(14-16-26)21-5-7-23(8-6-21)28-19-20-31(43-4-2)35(40)33(28)38/h5-8,17-20,22,24-26,30,41H,3-4,9-16H2,1-2H3. The van der Waals surface area contributed by atoms with Gasteiger partial charge in [0.25, 0.3) is 0 Å². The zero-order chi connectivity index (χ0) is 31.4. The number of aliphatic hydroxyl groups excluding tert-OH is 1. The number of esters is 1. The van der Waals surface area contributed by atoms with Gasteiger partial charge in [0.1, 0.15) is 6.10 Å². The predicted octanol–water partition coefficient (Wildman–Crippen LogP) is 9.30. The number of ether oxygens (including phenoxy) is 2. The molecule has 0 heterocycles. The third-order valence-corrected chi connectivity index (χ3v) is 9.38. The summed E-state index contributed by atoms with van der Waals surface area (Å²) in [5.41, 5.74) is 2.18. The van der Waals surface area contributed by atoms with Crippen LogP contribution in [0.15, 0.2) is 48.5 Å².